The zero-order valence-electron chi connectivity index (χ0n) is 15.3. The van der Waals surface area contributed by atoms with Crippen LogP contribution in [-0.2, 0) is 33.3 Å². The molecule has 0 rings (SSSR count). The Morgan fingerprint density at radius 1 is 0.840 bits per heavy atom. The van der Waals surface area contributed by atoms with E-state index in [1.54, 1.807) is 0 Å². The lowest BCUT2D eigenvalue weighted by atomic mass is 10.5. The van der Waals surface area contributed by atoms with Crippen molar-refractivity contribution in [2.75, 3.05) is 72.6 Å². The van der Waals surface area contributed by atoms with Crippen molar-refractivity contribution in [3.63, 3.8) is 0 Å². The molecule has 0 atom stereocenters. The normalized spacial score (nSPS) is 10.8. The van der Waals surface area contributed by atoms with Gasteiger partial charge in [0.1, 0.15) is 6.61 Å². The molecule has 0 saturated heterocycles. The van der Waals surface area contributed by atoms with Gasteiger partial charge in [-0.2, -0.15) is 0 Å². The van der Waals surface area contributed by atoms with Crippen LogP contribution < -0.4 is 10.6 Å². The van der Waals surface area contributed by atoms with E-state index in [1.165, 1.54) is 0 Å². The van der Waals surface area contributed by atoms with Crippen molar-refractivity contribution in [2.45, 2.75) is 20.0 Å². The van der Waals surface area contributed by atoms with E-state index < -0.39 is 0 Å². The number of carbonyl (C=O) groups is 2. The molecule has 0 aromatic heterocycles. The first-order valence-electron chi connectivity index (χ1n) is 8.53. The summed E-state index contributed by atoms with van der Waals surface area (Å²) in [4.78, 5) is 21.3. The predicted molar refractivity (Wildman–Crippen MR) is 91.4 cm³/mol. The summed E-state index contributed by atoms with van der Waals surface area (Å²) in [5, 5.41) is 5.20. The summed E-state index contributed by atoms with van der Waals surface area (Å²) < 4.78 is 26.4. The SMILES string of the molecule is CC(C)OCC(=O)NCCOCCOCCOCCOCCNC=O. The number of hydrogen-bond donors (Lipinski definition) is 2. The average molecular weight is 364 g/mol. The van der Waals surface area contributed by atoms with Gasteiger partial charge < -0.3 is 34.3 Å². The van der Waals surface area contributed by atoms with Gasteiger partial charge in [-0.05, 0) is 13.8 Å². The van der Waals surface area contributed by atoms with Crippen molar-refractivity contribution in [1.82, 2.24) is 10.6 Å². The van der Waals surface area contributed by atoms with Crippen LogP contribution in [0, 0.1) is 0 Å². The summed E-state index contributed by atoms with van der Waals surface area (Å²) in [5.41, 5.74) is 0. The summed E-state index contributed by atoms with van der Waals surface area (Å²) in [6.07, 6.45) is 0.682. The maximum atomic E-state index is 11.3. The third-order valence-electron chi connectivity index (χ3n) is 2.71. The zero-order chi connectivity index (χ0) is 18.6. The second-order valence-electron chi connectivity index (χ2n) is 5.23. The monoisotopic (exact) mass is 364 g/mol. The van der Waals surface area contributed by atoms with Crippen molar-refractivity contribution in [3.8, 4) is 0 Å². The van der Waals surface area contributed by atoms with Gasteiger partial charge in [0.15, 0.2) is 0 Å². The van der Waals surface area contributed by atoms with E-state index in [0.29, 0.717) is 72.4 Å². The highest BCUT2D eigenvalue weighted by Gasteiger charge is 2.02. The smallest absolute Gasteiger partial charge is 0.246 e. The highest BCUT2D eigenvalue weighted by Crippen LogP contribution is 1.86. The van der Waals surface area contributed by atoms with Crippen LogP contribution in [0.5, 0.6) is 0 Å². The fourth-order valence-corrected chi connectivity index (χ4v) is 1.51. The summed E-state index contributed by atoms with van der Waals surface area (Å²) in [5.74, 6) is -0.144. The number of hydrogen-bond acceptors (Lipinski definition) is 7. The minimum absolute atomic E-state index is 0.0429. The molecule has 0 aromatic carbocycles. The van der Waals surface area contributed by atoms with Crippen LogP contribution in [0.4, 0.5) is 0 Å². The third-order valence-corrected chi connectivity index (χ3v) is 2.71. The van der Waals surface area contributed by atoms with Gasteiger partial charge in [0.2, 0.25) is 12.3 Å². The molecule has 0 radical (unpaired) electrons. The van der Waals surface area contributed by atoms with Crippen molar-refractivity contribution in [3.05, 3.63) is 0 Å². The Balaban J connectivity index is 3.09. The van der Waals surface area contributed by atoms with Gasteiger partial charge >= 0.3 is 0 Å². The van der Waals surface area contributed by atoms with E-state index in [1.807, 2.05) is 13.8 Å². The molecule has 0 aliphatic rings. The van der Waals surface area contributed by atoms with Crippen LogP contribution in [0.3, 0.4) is 0 Å². The van der Waals surface area contributed by atoms with Gasteiger partial charge in [-0.25, -0.2) is 0 Å². The fourth-order valence-electron chi connectivity index (χ4n) is 1.51. The fraction of sp³-hybridized carbons (Fsp3) is 0.875. The Morgan fingerprint density at radius 3 is 1.80 bits per heavy atom. The Morgan fingerprint density at radius 2 is 1.32 bits per heavy atom. The minimum Gasteiger partial charge on any atom is -0.377 e. The lowest BCUT2D eigenvalue weighted by Crippen LogP contribution is -2.31. The van der Waals surface area contributed by atoms with Gasteiger partial charge in [-0.15, -0.1) is 0 Å². The summed E-state index contributed by atoms with van der Waals surface area (Å²) >= 11 is 0. The number of nitrogens with one attached hydrogen (secondary N) is 2. The van der Waals surface area contributed by atoms with E-state index in [-0.39, 0.29) is 18.6 Å². The van der Waals surface area contributed by atoms with Crippen molar-refractivity contribution >= 4 is 12.3 Å². The lowest BCUT2D eigenvalue weighted by Gasteiger charge is -2.09. The summed E-state index contributed by atoms with van der Waals surface area (Å²) in [6, 6.07) is 0. The van der Waals surface area contributed by atoms with E-state index in [4.69, 9.17) is 23.7 Å². The maximum absolute atomic E-state index is 11.3. The molecule has 148 valence electrons. The third kappa shape index (κ3) is 20.7. The van der Waals surface area contributed by atoms with Crippen LogP contribution in [-0.4, -0.2) is 91.0 Å². The van der Waals surface area contributed by atoms with Crippen LogP contribution in [0.15, 0.2) is 0 Å². The van der Waals surface area contributed by atoms with E-state index in [9.17, 15) is 9.59 Å². The molecule has 0 saturated carbocycles. The standard InChI is InChI=1S/C16H32N2O7/c1-15(2)25-13-16(20)18-4-6-22-8-10-24-12-11-23-9-7-21-5-3-17-14-19/h14-15H,3-13H2,1-2H3,(H,17,19)(H,18,20). The van der Waals surface area contributed by atoms with Gasteiger partial charge in [0.25, 0.3) is 0 Å². The molecule has 0 heterocycles. The molecule has 25 heavy (non-hydrogen) atoms. The first kappa shape index (κ1) is 23.7. The van der Waals surface area contributed by atoms with Crippen molar-refractivity contribution in [1.29, 1.82) is 0 Å². The van der Waals surface area contributed by atoms with E-state index >= 15 is 0 Å². The second kappa shape index (κ2) is 19.1. The largest absolute Gasteiger partial charge is 0.377 e. The van der Waals surface area contributed by atoms with Crippen molar-refractivity contribution < 1.29 is 33.3 Å². The predicted octanol–water partition coefficient (Wildman–Crippen LogP) is -0.660. The minimum atomic E-state index is -0.144. The van der Waals surface area contributed by atoms with E-state index in [2.05, 4.69) is 10.6 Å². The molecule has 0 aliphatic heterocycles. The molecule has 9 heteroatoms. The molecule has 0 aliphatic carbocycles. The first-order valence-corrected chi connectivity index (χ1v) is 8.53. The second-order valence-corrected chi connectivity index (χ2v) is 5.23. The van der Waals surface area contributed by atoms with Gasteiger partial charge in [0, 0.05) is 13.1 Å². The molecule has 2 amide bonds. The Kier molecular flexibility index (Phi) is 18.1. The first-order chi connectivity index (χ1) is 12.2. The molecule has 2 N–H and O–H groups in total. The quantitative estimate of drug-likeness (QED) is 0.232. The topological polar surface area (TPSA) is 104 Å². The van der Waals surface area contributed by atoms with Gasteiger partial charge in [0.05, 0.1) is 59.0 Å². The van der Waals surface area contributed by atoms with Crippen LogP contribution >= 0.6 is 0 Å². The van der Waals surface area contributed by atoms with Crippen LogP contribution in [0.1, 0.15) is 13.8 Å². The highest BCUT2D eigenvalue weighted by molar-refractivity contribution is 5.77. The molecule has 0 aromatic rings. The van der Waals surface area contributed by atoms with Crippen molar-refractivity contribution in [2.24, 2.45) is 0 Å². The Hall–Kier alpha value is -1.26. The lowest BCUT2D eigenvalue weighted by molar-refractivity contribution is -0.127. The molecule has 0 bridgehead atoms. The maximum Gasteiger partial charge on any atom is 0.246 e. The summed E-state index contributed by atoms with van der Waals surface area (Å²) in [6.45, 7) is 8.57. The van der Waals surface area contributed by atoms with Crippen LogP contribution in [0.25, 0.3) is 0 Å². The van der Waals surface area contributed by atoms with Gasteiger partial charge in [-0.3, -0.25) is 9.59 Å². The molecule has 9 nitrogen and oxygen atoms in total. The zero-order valence-corrected chi connectivity index (χ0v) is 15.3. The molecule has 0 spiro atoms. The molecule has 0 unspecified atom stereocenters. The van der Waals surface area contributed by atoms with Gasteiger partial charge in [-0.1, -0.05) is 0 Å². The van der Waals surface area contributed by atoms with E-state index in [0.717, 1.165) is 0 Å². The highest BCUT2D eigenvalue weighted by atomic mass is 16.6. The van der Waals surface area contributed by atoms with Crippen LogP contribution in [0.2, 0.25) is 0 Å². The Bertz CT molecular complexity index is 317. The number of amides is 2. The average Bonchev–Trinajstić information content (AvgIpc) is 2.59. The Labute approximate surface area is 149 Å². The number of carbonyl (C=O) groups excluding carboxylic acids is 2. The summed E-state index contributed by atoms with van der Waals surface area (Å²) in [7, 11) is 0. The molecule has 0 fully saturated rings. The molecular formula is C16H32N2O7. The molecular weight excluding hydrogens is 332 g/mol. The number of rotatable bonds is 19. The number of ether oxygens (including phenoxy) is 5.